The number of aryl methyl sites for hydroxylation is 1. The van der Waals surface area contributed by atoms with E-state index in [0.717, 1.165) is 25.4 Å². The topological polar surface area (TPSA) is 63.3 Å². The van der Waals surface area contributed by atoms with E-state index in [4.69, 9.17) is 5.73 Å². The lowest BCUT2D eigenvalue weighted by molar-refractivity contribution is 0.326. The number of rotatable bonds is 5. The number of hydrogen-bond donors (Lipinski definition) is 2. The van der Waals surface area contributed by atoms with Crippen LogP contribution in [0.2, 0.25) is 0 Å². The number of aliphatic imine (C=N–C) groups is 1. The summed E-state index contributed by atoms with van der Waals surface area (Å²) in [5.74, 6) is 1.35. The first-order valence-electron chi connectivity index (χ1n) is 6.69. The molecule has 1 fully saturated rings. The SMILES string of the molecule is Cc1cnccc1CCNC(N)=NCC1CCC1.I. The van der Waals surface area contributed by atoms with Gasteiger partial charge in [-0.2, -0.15) is 0 Å². The van der Waals surface area contributed by atoms with Gasteiger partial charge in [-0.3, -0.25) is 9.98 Å². The van der Waals surface area contributed by atoms with Crippen molar-refractivity contribution in [1.82, 2.24) is 10.3 Å². The van der Waals surface area contributed by atoms with Crippen molar-refractivity contribution in [3.63, 3.8) is 0 Å². The summed E-state index contributed by atoms with van der Waals surface area (Å²) in [6, 6.07) is 2.05. The summed E-state index contributed by atoms with van der Waals surface area (Å²) in [6.07, 6.45) is 8.66. The van der Waals surface area contributed by atoms with Crippen LogP contribution in [-0.2, 0) is 6.42 Å². The van der Waals surface area contributed by atoms with Crippen LogP contribution in [0.5, 0.6) is 0 Å². The quantitative estimate of drug-likeness (QED) is 0.472. The van der Waals surface area contributed by atoms with Crippen LogP contribution in [0.15, 0.2) is 23.5 Å². The van der Waals surface area contributed by atoms with Gasteiger partial charge in [0.05, 0.1) is 0 Å². The van der Waals surface area contributed by atoms with E-state index in [1.54, 1.807) is 0 Å². The van der Waals surface area contributed by atoms with Crippen LogP contribution in [-0.4, -0.2) is 24.0 Å². The summed E-state index contributed by atoms with van der Waals surface area (Å²) in [5.41, 5.74) is 8.37. The molecule has 4 nitrogen and oxygen atoms in total. The Hall–Kier alpha value is -0.850. The summed E-state index contributed by atoms with van der Waals surface area (Å²) in [7, 11) is 0. The van der Waals surface area contributed by atoms with Crippen molar-refractivity contribution in [2.24, 2.45) is 16.6 Å². The van der Waals surface area contributed by atoms with Gasteiger partial charge in [0.2, 0.25) is 0 Å². The Kier molecular flexibility index (Phi) is 7.12. The van der Waals surface area contributed by atoms with Gasteiger partial charge in [-0.05, 0) is 49.3 Å². The highest BCUT2D eigenvalue weighted by Crippen LogP contribution is 2.26. The Labute approximate surface area is 132 Å². The summed E-state index contributed by atoms with van der Waals surface area (Å²) < 4.78 is 0. The van der Waals surface area contributed by atoms with E-state index >= 15 is 0 Å². The van der Waals surface area contributed by atoms with E-state index in [1.807, 2.05) is 12.4 Å². The summed E-state index contributed by atoms with van der Waals surface area (Å²) in [6.45, 7) is 3.79. The fraction of sp³-hybridized carbons (Fsp3) is 0.571. The van der Waals surface area contributed by atoms with E-state index in [0.29, 0.717) is 5.96 Å². The van der Waals surface area contributed by atoms with Gasteiger partial charge in [0.1, 0.15) is 0 Å². The van der Waals surface area contributed by atoms with Gasteiger partial charge < -0.3 is 11.1 Å². The fourth-order valence-electron chi connectivity index (χ4n) is 2.07. The van der Waals surface area contributed by atoms with Gasteiger partial charge in [0, 0.05) is 25.5 Å². The van der Waals surface area contributed by atoms with E-state index in [1.165, 1.54) is 30.4 Å². The molecule has 1 aliphatic rings. The van der Waals surface area contributed by atoms with Crippen molar-refractivity contribution in [2.75, 3.05) is 13.1 Å². The molecule has 0 radical (unpaired) electrons. The van der Waals surface area contributed by atoms with Gasteiger partial charge in [-0.15, -0.1) is 24.0 Å². The first-order valence-corrected chi connectivity index (χ1v) is 6.69. The van der Waals surface area contributed by atoms with Crippen LogP contribution in [0, 0.1) is 12.8 Å². The molecule has 19 heavy (non-hydrogen) atoms. The molecule has 0 unspecified atom stereocenters. The predicted octanol–water partition coefficient (Wildman–Crippen LogP) is 2.25. The van der Waals surface area contributed by atoms with Gasteiger partial charge in [0.25, 0.3) is 0 Å². The van der Waals surface area contributed by atoms with E-state index in [2.05, 4.69) is 28.3 Å². The minimum Gasteiger partial charge on any atom is -0.370 e. The Bertz CT molecular complexity index is 416. The van der Waals surface area contributed by atoms with Gasteiger partial charge in [-0.1, -0.05) is 6.42 Å². The molecule has 1 saturated carbocycles. The minimum atomic E-state index is 0. The van der Waals surface area contributed by atoms with E-state index in [9.17, 15) is 0 Å². The van der Waals surface area contributed by atoms with Crippen molar-refractivity contribution in [3.05, 3.63) is 29.6 Å². The molecule has 2 rings (SSSR count). The highest BCUT2D eigenvalue weighted by molar-refractivity contribution is 14.0. The molecule has 0 aliphatic heterocycles. The van der Waals surface area contributed by atoms with Crippen molar-refractivity contribution in [3.8, 4) is 0 Å². The molecule has 0 saturated heterocycles. The normalized spacial score (nSPS) is 15.5. The van der Waals surface area contributed by atoms with Crippen molar-refractivity contribution >= 4 is 29.9 Å². The molecule has 3 N–H and O–H groups in total. The number of halogens is 1. The number of nitrogens with zero attached hydrogens (tertiary/aromatic N) is 2. The summed E-state index contributed by atoms with van der Waals surface area (Å²) in [5, 5.41) is 3.17. The first-order chi connectivity index (χ1) is 8.75. The zero-order chi connectivity index (χ0) is 12.8. The monoisotopic (exact) mass is 374 g/mol. The zero-order valence-corrected chi connectivity index (χ0v) is 13.8. The molecular weight excluding hydrogens is 351 g/mol. The lowest BCUT2D eigenvalue weighted by atomic mass is 9.86. The maximum atomic E-state index is 5.83. The molecule has 5 heteroatoms. The molecule has 1 aliphatic carbocycles. The van der Waals surface area contributed by atoms with Crippen LogP contribution in [0.3, 0.4) is 0 Å². The number of nitrogens with two attached hydrogens (primary N) is 1. The van der Waals surface area contributed by atoms with Crippen molar-refractivity contribution < 1.29 is 0 Å². The number of aromatic nitrogens is 1. The van der Waals surface area contributed by atoms with Crippen LogP contribution in [0.25, 0.3) is 0 Å². The lowest BCUT2D eigenvalue weighted by Gasteiger charge is -2.23. The fourth-order valence-corrected chi connectivity index (χ4v) is 2.07. The first kappa shape index (κ1) is 16.2. The molecule has 1 aromatic heterocycles. The maximum absolute atomic E-state index is 5.83. The number of guanidine groups is 1. The average molecular weight is 374 g/mol. The molecule has 0 spiro atoms. The maximum Gasteiger partial charge on any atom is 0.188 e. The Morgan fingerprint density at radius 1 is 1.53 bits per heavy atom. The molecule has 0 atom stereocenters. The third-order valence-electron chi connectivity index (χ3n) is 3.58. The van der Waals surface area contributed by atoms with E-state index < -0.39 is 0 Å². The van der Waals surface area contributed by atoms with Gasteiger partial charge >= 0.3 is 0 Å². The second-order valence-electron chi connectivity index (χ2n) is 5.00. The second-order valence-corrected chi connectivity index (χ2v) is 5.00. The smallest absolute Gasteiger partial charge is 0.188 e. The van der Waals surface area contributed by atoms with E-state index in [-0.39, 0.29) is 24.0 Å². The van der Waals surface area contributed by atoms with Crippen molar-refractivity contribution in [2.45, 2.75) is 32.6 Å². The average Bonchev–Trinajstić information content (AvgIpc) is 2.30. The second kappa shape index (κ2) is 8.35. The van der Waals surface area contributed by atoms with Gasteiger partial charge in [0.15, 0.2) is 5.96 Å². The van der Waals surface area contributed by atoms with Crippen LogP contribution in [0.4, 0.5) is 0 Å². The van der Waals surface area contributed by atoms with Crippen LogP contribution in [0.1, 0.15) is 30.4 Å². The largest absolute Gasteiger partial charge is 0.370 e. The third-order valence-corrected chi connectivity index (χ3v) is 3.58. The zero-order valence-electron chi connectivity index (χ0n) is 11.4. The number of pyridine rings is 1. The number of nitrogens with one attached hydrogen (secondary N) is 1. The highest BCUT2D eigenvalue weighted by Gasteiger charge is 2.16. The molecule has 1 heterocycles. The molecular formula is C14H23IN4. The standard InChI is InChI=1S/C14H22N4.HI/c1-11-9-16-7-5-13(11)6-8-17-14(15)18-10-12-3-2-4-12;/h5,7,9,12H,2-4,6,8,10H2,1H3,(H3,15,17,18);1H. The third kappa shape index (κ3) is 5.34. The van der Waals surface area contributed by atoms with Crippen LogP contribution < -0.4 is 11.1 Å². The Morgan fingerprint density at radius 3 is 2.95 bits per heavy atom. The Balaban J connectivity index is 0.00000180. The molecule has 0 bridgehead atoms. The molecule has 106 valence electrons. The van der Waals surface area contributed by atoms with Crippen LogP contribution >= 0.6 is 24.0 Å². The Morgan fingerprint density at radius 2 is 2.32 bits per heavy atom. The highest BCUT2D eigenvalue weighted by atomic mass is 127. The summed E-state index contributed by atoms with van der Waals surface area (Å²) >= 11 is 0. The molecule has 1 aromatic rings. The van der Waals surface area contributed by atoms with Crippen molar-refractivity contribution in [1.29, 1.82) is 0 Å². The number of hydrogen-bond acceptors (Lipinski definition) is 2. The predicted molar refractivity (Wildman–Crippen MR) is 89.9 cm³/mol. The molecule has 0 aromatic carbocycles. The molecule has 0 amide bonds. The summed E-state index contributed by atoms with van der Waals surface area (Å²) in [4.78, 5) is 8.45. The minimum absolute atomic E-state index is 0. The van der Waals surface area contributed by atoms with Gasteiger partial charge in [-0.25, -0.2) is 0 Å². The lowest BCUT2D eigenvalue weighted by Crippen LogP contribution is -2.34.